The zero-order chi connectivity index (χ0) is 15.2. The van der Waals surface area contributed by atoms with E-state index in [4.69, 9.17) is 9.47 Å². The molecule has 4 atom stereocenters. The molecule has 114 valence electrons. The first-order valence-electron chi connectivity index (χ1n) is 7.14. The molecule has 0 aromatic heterocycles. The number of methoxy groups -OCH3 is 1. The quantitative estimate of drug-likeness (QED) is 0.434. The second-order valence-electron chi connectivity index (χ2n) is 6.19. The number of hydrogen-bond acceptors (Lipinski definition) is 3. The Hall–Kier alpha value is -0.850. The zero-order valence-corrected chi connectivity index (χ0v) is 14.2. The fourth-order valence-corrected chi connectivity index (χ4v) is 4.97. The van der Waals surface area contributed by atoms with Gasteiger partial charge in [-0.25, -0.2) is 9.18 Å². The van der Waals surface area contributed by atoms with Gasteiger partial charge in [0.15, 0.2) is 11.6 Å². The molecule has 0 N–H and O–H groups in total. The third kappa shape index (κ3) is 2.43. The topological polar surface area (TPSA) is 35.5 Å². The van der Waals surface area contributed by atoms with Crippen molar-refractivity contribution in [3.8, 4) is 5.75 Å². The highest BCUT2D eigenvalue weighted by Crippen LogP contribution is 2.58. The van der Waals surface area contributed by atoms with E-state index >= 15 is 0 Å². The van der Waals surface area contributed by atoms with Crippen molar-refractivity contribution in [3.63, 3.8) is 0 Å². The van der Waals surface area contributed by atoms with Crippen LogP contribution in [0.25, 0.3) is 0 Å². The average molecular weight is 404 g/mol. The first kappa shape index (κ1) is 15.1. The Balaban J connectivity index is 1.76. The lowest BCUT2D eigenvalue weighted by Gasteiger charge is -2.32. The van der Waals surface area contributed by atoms with E-state index in [9.17, 15) is 9.18 Å². The summed E-state index contributed by atoms with van der Waals surface area (Å²) >= 11 is 2.49. The van der Waals surface area contributed by atoms with E-state index < -0.39 is 11.8 Å². The number of benzene rings is 1. The normalized spacial score (nSPS) is 34.0. The van der Waals surface area contributed by atoms with Crippen molar-refractivity contribution in [2.45, 2.75) is 36.2 Å². The SMILES string of the molecule is COc1cc(C(=O)OC2CC3CCC2(C)C3I)ccc1F. The predicted octanol–water partition coefficient (Wildman–Crippen LogP) is 3.98. The monoisotopic (exact) mass is 404 g/mol. The molecule has 0 heterocycles. The van der Waals surface area contributed by atoms with Crippen molar-refractivity contribution in [3.05, 3.63) is 29.6 Å². The van der Waals surface area contributed by atoms with Crippen LogP contribution in [0.2, 0.25) is 0 Å². The number of fused-ring (bicyclic) bond motifs is 2. The summed E-state index contributed by atoms with van der Waals surface area (Å²) in [4.78, 5) is 12.3. The minimum absolute atomic E-state index is 0.0401. The number of carbonyl (C=O) groups is 1. The Morgan fingerprint density at radius 1 is 1.48 bits per heavy atom. The van der Waals surface area contributed by atoms with Crippen LogP contribution in [0.15, 0.2) is 18.2 Å². The molecular weight excluding hydrogens is 386 g/mol. The van der Waals surface area contributed by atoms with Gasteiger partial charge in [0.25, 0.3) is 0 Å². The smallest absolute Gasteiger partial charge is 0.338 e. The van der Waals surface area contributed by atoms with Crippen molar-refractivity contribution in [2.75, 3.05) is 7.11 Å². The van der Waals surface area contributed by atoms with Crippen LogP contribution in [0.4, 0.5) is 4.39 Å². The summed E-state index contributed by atoms with van der Waals surface area (Å²) in [6, 6.07) is 4.07. The Bertz CT molecular complexity index is 577. The molecular formula is C16H18FIO3. The fourth-order valence-electron chi connectivity index (χ4n) is 3.61. The van der Waals surface area contributed by atoms with E-state index in [1.54, 1.807) is 0 Å². The van der Waals surface area contributed by atoms with E-state index in [-0.39, 0.29) is 17.3 Å². The Labute approximate surface area is 137 Å². The standard InChI is InChI=1S/C16H18FIO3/c1-16-6-5-9(14(16)18)8-13(16)21-15(19)10-3-4-11(17)12(7-10)20-2/h3-4,7,9,13-14H,5-6,8H2,1-2H3. The highest BCUT2D eigenvalue weighted by atomic mass is 127. The number of halogens is 2. The Morgan fingerprint density at radius 2 is 2.24 bits per heavy atom. The molecule has 2 aliphatic rings. The van der Waals surface area contributed by atoms with Crippen molar-refractivity contribution in [2.24, 2.45) is 11.3 Å². The van der Waals surface area contributed by atoms with Gasteiger partial charge in [-0.15, -0.1) is 0 Å². The maximum Gasteiger partial charge on any atom is 0.338 e. The molecule has 1 aromatic rings. The Morgan fingerprint density at radius 3 is 2.81 bits per heavy atom. The van der Waals surface area contributed by atoms with E-state index in [1.165, 1.54) is 31.7 Å². The molecule has 2 saturated carbocycles. The first-order valence-corrected chi connectivity index (χ1v) is 8.39. The molecule has 4 unspecified atom stereocenters. The van der Waals surface area contributed by atoms with Crippen LogP contribution in [0, 0.1) is 17.2 Å². The average Bonchev–Trinajstić information content (AvgIpc) is 2.87. The summed E-state index contributed by atoms with van der Waals surface area (Å²) in [5.41, 5.74) is 0.412. The predicted molar refractivity (Wildman–Crippen MR) is 85.4 cm³/mol. The third-order valence-electron chi connectivity index (χ3n) is 4.99. The van der Waals surface area contributed by atoms with Crippen LogP contribution in [-0.2, 0) is 4.74 Å². The molecule has 5 heteroatoms. The number of ether oxygens (including phenoxy) is 2. The number of rotatable bonds is 3. The van der Waals surface area contributed by atoms with E-state index in [1.807, 2.05) is 0 Å². The molecule has 1 aromatic carbocycles. The number of hydrogen-bond donors (Lipinski definition) is 0. The summed E-state index contributed by atoms with van der Waals surface area (Å²) < 4.78 is 24.6. The van der Waals surface area contributed by atoms with Crippen molar-refractivity contribution in [1.82, 2.24) is 0 Å². The molecule has 3 rings (SSSR count). The van der Waals surface area contributed by atoms with Crippen LogP contribution in [0.5, 0.6) is 5.75 Å². The van der Waals surface area contributed by atoms with Crippen molar-refractivity contribution in [1.29, 1.82) is 0 Å². The minimum atomic E-state index is -0.478. The van der Waals surface area contributed by atoms with Gasteiger partial charge in [0.05, 0.1) is 12.7 Å². The highest BCUT2D eigenvalue weighted by molar-refractivity contribution is 14.1. The first-order chi connectivity index (χ1) is 9.95. The van der Waals surface area contributed by atoms with Crippen LogP contribution in [0.1, 0.15) is 36.5 Å². The molecule has 2 fully saturated rings. The lowest BCUT2D eigenvalue weighted by molar-refractivity contribution is -0.00520. The number of esters is 1. The molecule has 21 heavy (non-hydrogen) atoms. The summed E-state index contributed by atoms with van der Waals surface area (Å²) in [6.07, 6.45) is 3.23. The minimum Gasteiger partial charge on any atom is -0.494 e. The second kappa shape index (κ2) is 5.41. The molecule has 0 amide bonds. The summed E-state index contributed by atoms with van der Waals surface area (Å²) in [7, 11) is 1.38. The zero-order valence-electron chi connectivity index (χ0n) is 12.1. The van der Waals surface area contributed by atoms with Gasteiger partial charge in [-0.2, -0.15) is 0 Å². The van der Waals surface area contributed by atoms with Crippen LogP contribution in [-0.4, -0.2) is 23.1 Å². The van der Waals surface area contributed by atoms with Gasteiger partial charge in [-0.3, -0.25) is 0 Å². The molecule has 2 bridgehead atoms. The van der Waals surface area contributed by atoms with Crippen LogP contribution < -0.4 is 4.74 Å². The summed E-state index contributed by atoms with van der Waals surface area (Å²) in [6.45, 7) is 2.21. The largest absolute Gasteiger partial charge is 0.494 e. The van der Waals surface area contributed by atoms with Gasteiger partial charge in [0.1, 0.15) is 6.10 Å². The maximum absolute atomic E-state index is 13.4. The maximum atomic E-state index is 13.4. The highest BCUT2D eigenvalue weighted by Gasteiger charge is 2.57. The fraction of sp³-hybridized carbons (Fsp3) is 0.562. The van der Waals surface area contributed by atoms with E-state index in [2.05, 4.69) is 29.5 Å². The molecule has 0 aliphatic heterocycles. The lowest BCUT2D eigenvalue weighted by atomic mass is 9.84. The Kier molecular flexibility index (Phi) is 3.88. The van der Waals surface area contributed by atoms with Gasteiger partial charge in [0, 0.05) is 9.34 Å². The number of alkyl halides is 1. The number of carbonyl (C=O) groups excluding carboxylic acids is 1. The third-order valence-corrected chi connectivity index (χ3v) is 7.43. The molecule has 2 aliphatic carbocycles. The van der Waals surface area contributed by atoms with Gasteiger partial charge in [-0.1, -0.05) is 29.5 Å². The van der Waals surface area contributed by atoms with E-state index in [0.29, 0.717) is 15.4 Å². The molecule has 3 nitrogen and oxygen atoms in total. The van der Waals surface area contributed by atoms with Crippen LogP contribution in [0.3, 0.4) is 0 Å². The van der Waals surface area contributed by atoms with E-state index in [0.717, 1.165) is 12.8 Å². The van der Waals surface area contributed by atoms with Crippen LogP contribution >= 0.6 is 22.6 Å². The second-order valence-corrected chi connectivity index (χ2v) is 7.53. The molecule has 0 radical (unpaired) electrons. The van der Waals surface area contributed by atoms with Gasteiger partial charge < -0.3 is 9.47 Å². The van der Waals surface area contributed by atoms with Gasteiger partial charge in [-0.05, 0) is 43.4 Å². The molecule has 0 saturated heterocycles. The van der Waals surface area contributed by atoms with Gasteiger partial charge in [0.2, 0.25) is 0 Å². The summed E-state index contributed by atoms with van der Waals surface area (Å²) in [5.74, 6) is -0.157. The van der Waals surface area contributed by atoms with Crippen molar-refractivity contribution >= 4 is 28.6 Å². The summed E-state index contributed by atoms with van der Waals surface area (Å²) in [5, 5.41) is 0. The van der Waals surface area contributed by atoms with Crippen molar-refractivity contribution < 1.29 is 18.7 Å². The lowest BCUT2D eigenvalue weighted by Crippen LogP contribution is -2.35. The van der Waals surface area contributed by atoms with Gasteiger partial charge >= 0.3 is 5.97 Å². The molecule has 0 spiro atoms.